The first-order chi connectivity index (χ1) is 4.45. The molecule has 52 valence electrons. The van der Waals surface area contributed by atoms with E-state index in [1.807, 2.05) is 0 Å². The van der Waals surface area contributed by atoms with E-state index < -0.39 is 0 Å². The second-order valence-electron chi connectivity index (χ2n) is 3.20. The van der Waals surface area contributed by atoms with Crippen molar-refractivity contribution in [2.45, 2.75) is 12.8 Å². The molecule has 2 atom stereocenters. The Balaban J connectivity index is 1.96. The Morgan fingerprint density at radius 1 is 1.44 bits per heavy atom. The summed E-state index contributed by atoms with van der Waals surface area (Å²) in [5.41, 5.74) is 0. The summed E-state index contributed by atoms with van der Waals surface area (Å²) in [5.74, 6) is 0.965. The van der Waals surface area contributed by atoms with Gasteiger partial charge in [0.1, 0.15) is 0 Å². The van der Waals surface area contributed by atoms with Crippen molar-refractivity contribution in [3.63, 3.8) is 0 Å². The molecule has 2 heteroatoms. The van der Waals surface area contributed by atoms with Crippen molar-refractivity contribution in [2.75, 3.05) is 26.3 Å². The molecule has 2 unspecified atom stereocenters. The maximum atomic E-state index is 3.41. The van der Waals surface area contributed by atoms with Crippen LogP contribution in [0, 0.1) is 5.92 Å². The Labute approximate surface area is 56.2 Å². The van der Waals surface area contributed by atoms with E-state index >= 15 is 0 Å². The van der Waals surface area contributed by atoms with Gasteiger partial charge in [0.05, 0.1) is 0 Å². The lowest BCUT2D eigenvalue weighted by atomic mass is 9.97. The zero-order valence-electron chi connectivity index (χ0n) is 5.77. The van der Waals surface area contributed by atoms with Crippen molar-refractivity contribution in [2.24, 2.45) is 5.92 Å². The van der Waals surface area contributed by atoms with Crippen LogP contribution in [0.4, 0.5) is 0 Å². The molecule has 0 amide bonds. The van der Waals surface area contributed by atoms with Crippen LogP contribution in [0.5, 0.6) is 0 Å². The highest BCUT2D eigenvalue weighted by atomic mass is 15.2. The maximum Gasteiger partial charge on any atom is 0.0480 e. The normalized spacial score (nSPS) is 42.7. The van der Waals surface area contributed by atoms with Gasteiger partial charge in [-0.1, -0.05) is 0 Å². The standard InChI is InChI=1S/C7H14N2/c1-2-7-4-8-6-9(3-1)5-7/h7-8H,1-6H2. The van der Waals surface area contributed by atoms with Gasteiger partial charge >= 0.3 is 0 Å². The van der Waals surface area contributed by atoms with Gasteiger partial charge in [0.2, 0.25) is 0 Å². The molecular weight excluding hydrogens is 112 g/mol. The van der Waals surface area contributed by atoms with Gasteiger partial charge in [0, 0.05) is 19.8 Å². The molecule has 2 aliphatic rings. The fourth-order valence-electron chi connectivity index (χ4n) is 1.89. The summed E-state index contributed by atoms with van der Waals surface area (Å²) in [6, 6.07) is 0. The second-order valence-corrected chi connectivity index (χ2v) is 3.20. The van der Waals surface area contributed by atoms with Crippen LogP contribution in [-0.2, 0) is 0 Å². The maximum absolute atomic E-state index is 3.41. The van der Waals surface area contributed by atoms with Crippen LogP contribution in [-0.4, -0.2) is 31.2 Å². The minimum absolute atomic E-state index is 0.965. The van der Waals surface area contributed by atoms with E-state index in [-0.39, 0.29) is 0 Å². The first-order valence-corrected chi connectivity index (χ1v) is 3.88. The summed E-state index contributed by atoms with van der Waals surface area (Å²) >= 11 is 0. The van der Waals surface area contributed by atoms with E-state index in [9.17, 15) is 0 Å². The molecule has 0 aromatic rings. The molecule has 2 nitrogen and oxygen atoms in total. The lowest BCUT2D eigenvalue weighted by Crippen LogP contribution is -2.50. The zero-order chi connectivity index (χ0) is 6.10. The Morgan fingerprint density at radius 3 is 3.22 bits per heavy atom. The minimum Gasteiger partial charge on any atom is -0.304 e. The van der Waals surface area contributed by atoms with E-state index in [1.165, 1.54) is 32.5 Å². The Morgan fingerprint density at radius 2 is 2.44 bits per heavy atom. The first-order valence-electron chi connectivity index (χ1n) is 3.88. The number of nitrogens with zero attached hydrogens (tertiary/aromatic N) is 1. The summed E-state index contributed by atoms with van der Waals surface area (Å²) in [7, 11) is 0. The van der Waals surface area contributed by atoms with Crippen molar-refractivity contribution < 1.29 is 0 Å². The molecule has 0 aromatic heterocycles. The van der Waals surface area contributed by atoms with Crippen LogP contribution in [0.25, 0.3) is 0 Å². The van der Waals surface area contributed by atoms with Gasteiger partial charge in [0.15, 0.2) is 0 Å². The molecule has 2 rings (SSSR count). The van der Waals surface area contributed by atoms with Crippen LogP contribution in [0.1, 0.15) is 12.8 Å². The van der Waals surface area contributed by atoms with E-state index in [1.54, 1.807) is 0 Å². The molecule has 2 aliphatic heterocycles. The molecule has 0 aromatic carbocycles. The SMILES string of the molecule is C1CC2CNCN(C1)C2. The molecule has 0 radical (unpaired) electrons. The highest BCUT2D eigenvalue weighted by Gasteiger charge is 2.22. The van der Waals surface area contributed by atoms with Gasteiger partial charge < -0.3 is 5.32 Å². The van der Waals surface area contributed by atoms with Gasteiger partial charge in [-0.25, -0.2) is 0 Å². The van der Waals surface area contributed by atoms with Gasteiger partial charge in [0.25, 0.3) is 0 Å². The highest BCUT2D eigenvalue weighted by molar-refractivity contribution is 4.77. The molecule has 2 bridgehead atoms. The predicted octanol–water partition coefficient (Wildman–Crippen LogP) is 0.259. The molecule has 2 fully saturated rings. The van der Waals surface area contributed by atoms with Crippen molar-refractivity contribution in [1.29, 1.82) is 0 Å². The molecule has 9 heavy (non-hydrogen) atoms. The van der Waals surface area contributed by atoms with Crippen molar-refractivity contribution in [1.82, 2.24) is 10.2 Å². The number of hydrogen-bond acceptors (Lipinski definition) is 2. The summed E-state index contributed by atoms with van der Waals surface area (Å²) < 4.78 is 0. The average molecular weight is 126 g/mol. The largest absolute Gasteiger partial charge is 0.304 e. The number of piperidine rings is 1. The van der Waals surface area contributed by atoms with Crippen LogP contribution >= 0.6 is 0 Å². The third kappa shape index (κ3) is 1.10. The van der Waals surface area contributed by atoms with Crippen LogP contribution < -0.4 is 5.32 Å². The fourth-order valence-corrected chi connectivity index (χ4v) is 1.89. The fraction of sp³-hybridized carbons (Fsp3) is 1.00. The lowest BCUT2D eigenvalue weighted by Gasteiger charge is -2.37. The number of fused-ring (bicyclic) bond motifs is 2. The van der Waals surface area contributed by atoms with E-state index in [0.29, 0.717) is 0 Å². The number of hydrogen-bond donors (Lipinski definition) is 1. The Kier molecular flexibility index (Phi) is 1.44. The third-order valence-electron chi connectivity index (χ3n) is 2.37. The number of nitrogens with one attached hydrogen (secondary N) is 1. The van der Waals surface area contributed by atoms with Gasteiger partial charge in [-0.05, 0) is 25.3 Å². The summed E-state index contributed by atoms with van der Waals surface area (Å²) in [6.45, 7) is 5.07. The van der Waals surface area contributed by atoms with Crippen molar-refractivity contribution in [3.8, 4) is 0 Å². The summed E-state index contributed by atoms with van der Waals surface area (Å²) in [4.78, 5) is 2.51. The molecule has 0 spiro atoms. The molecule has 1 N–H and O–H groups in total. The highest BCUT2D eigenvalue weighted by Crippen LogP contribution is 2.17. The third-order valence-corrected chi connectivity index (χ3v) is 2.37. The van der Waals surface area contributed by atoms with E-state index in [4.69, 9.17) is 0 Å². The predicted molar refractivity (Wildman–Crippen MR) is 37.2 cm³/mol. The molecule has 0 aliphatic carbocycles. The monoisotopic (exact) mass is 126 g/mol. The summed E-state index contributed by atoms with van der Waals surface area (Å²) in [5, 5.41) is 3.41. The minimum atomic E-state index is 0.965. The summed E-state index contributed by atoms with van der Waals surface area (Å²) in [6.07, 6.45) is 2.87. The molecule has 2 saturated heterocycles. The zero-order valence-corrected chi connectivity index (χ0v) is 5.77. The second kappa shape index (κ2) is 2.27. The van der Waals surface area contributed by atoms with Gasteiger partial charge in [-0.2, -0.15) is 0 Å². The van der Waals surface area contributed by atoms with Crippen molar-refractivity contribution >= 4 is 0 Å². The smallest absolute Gasteiger partial charge is 0.0480 e. The number of rotatable bonds is 0. The molecule has 0 saturated carbocycles. The van der Waals surface area contributed by atoms with E-state index in [0.717, 1.165) is 12.6 Å². The Bertz CT molecular complexity index is 83.1. The van der Waals surface area contributed by atoms with Crippen LogP contribution in [0.3, 0.4) is 0 Å². The van der Waals surface area contributed by atoms with Crippen LogP contribution in [0.2, 0.25) is 0 Å². The first kappa shape index (κ1) is 5.69. The lowest BCUT2D eigenvalue weighted by molar-refractivity contribution is 0.119. The van der Waals surface area contributed by atoms with Crippen LogP contribution in [0.15, 0.2) is 0 Å². The topological polar surface area (TPSA) is 15.3 Å². The average Bonchev–Trinajstić information content (AvgIpc) is 1.88. The Hall–Kier alpha value is -0.0800. The molecular formula is C7H14N2. The van der Waals surface area contributed by atoms with Gasteiger partial charge in [-0.3, -0.25) is 4.90 Å². The van der Waals surface area contributed by atoms with Gasteiger partial charge in [-0.15, -0.1) is 0 Å². The van der Waals surface area contributed by atoms with E-state index in [2.05, 4.69) is 10.2 Å². The quantitative estimate of drug-likeness (QED) is 0.501. The molecule has 2 heterocycles. The van der Waals surface area contributed by atoms with Crippen molar-refractivity contribution in [3.05, 3.63) is 0 Å².